The van der Waals surface area contributed by atoms with Gasteiger partial charge in [-0.3, -0.25) is 9.69 Å². The zero-order chi connectivity index (χ0) is 19.4. The average molecular weight is 414 g/mol. The maximum absolute atomic E-state index is 12.9. The number of nitrogens with zero attached hydrogens (tertiary/aromatic N) is 2. The first kappa shape index (κ1) is 20.6. The predicted octanol–water partition coefficient (Wildman–Crippen LogP) is 3.33. The van der Waals surface area contributed by atoms with E-state index in [1.54, 1.807) is 6.07 Å². The lowest BCUT2D eigenvalue weighted by atomic mass is 10.0. The second kappa shape index (κ2) is 8.90. The molecule has 0 aliphatic carbocycles. The Morgan fingerprint density at radius 2 is 1.85 bits per heavy atom. The van der Waals surface area contributed by atoms with Crippen LogP contribution in [0.4, 0.5) is 5.69 Å². The van der Waals surface area contributed by atoms with E-state index in [1.807, 2.05) is 0 Å². The lowest BCUT2D eigenvalue weighted by Gasteiger charge is -2.32. The van der Waals surface area contributed by atoms with Crippen LogP contribution in [0.5, 0.6) is 0 Å². The van der Waals surface area contributed by atoms with Crippen LogP contribution in [0.25, 0.3) is 0 Å². The quantitative estimate of drug-likeness (QED) is 0.803. The van der Waals surface area contributed by atoms with Crippen LogP contribution < -0.4 is 5.32 Å². The Morgan fingerprint density at radius 1 is 1.15 bits per heavy atom. The van der Waals surface area contributed by atoms with E-state index in [0.29, 0.717) is 31.4 Å². The third-order valence-corrected chi connectivity index (χ3v) is 7.82. The molecule has 8 heteroatoms. The summed E-state index contributed by atoms with van der Waals surface area (Å²) in [4.78, 5) is 14.7. The molecule has 1 unspecified atom stereocenters. The van der Waals surface area contributed by atoms with Gasteiger partial charge in [0.05, 0.1) is 11.6 Å². The van der Waals surface area contributed by atoms with Gasteiger partial charge in [-0.15, -0.1) is 0 Å². The number of benzene rings is 1. The van der Waals surface area contributed by atoms with E-state index in [9.17, 15) is 13.2 Å². The second-order valence-corrected chi connectivity index (χ2v) is 9.79. The van der Waals surface area contributed by atoms with Crippen molar-refractivity contribution in [3.8, 4) is 0 Å². The van der Waals surface area contributed by atoms with Crippen LogP contribution in [0.15, 0.2) is 23.1 Å². The van der Waals surface area contributed by atoms with Crippen molar-refractivity contribution in [1.82, 2.24) is 9.21 Å². The minimum atomic E-state index is -3.65. The highest BCUT2D eigenvalue weighted by atomic mass is 35.5. The Balaban J connectivity index is 1.72. The normalized spacial score (nSPS) is 22.5. The lowest BCUT2D eigenvalue weighted by molar-refractivity contribution is -0.118. The van der Waals surface area contributed by atoms with Crippen molar-refractivity contribution < 1.29 is 13.2 Å². The lowest BCUT2D eigenvalue weighted by Crippen LogP contribution is -2.42. The predicted molar refractivity (Wildman–Crippen MR) is 108 cm³/mol. The summed E-state index contributed by atoms with van der Waals surface area (Å²) in [6.45, 7) is 4.41. The van der Waals surface area contributed by atoms with E-state index in [2.05, 4.69) is 17.1 Å². The minimum absolute atomic E-state index is 0.0650. The van der Waals surface area contributed by atoms with Gasteiger partial charge < -0.3 is 5.32 Å². The monoisotopic (exact) mass is 413 g/mol. The fourth-order valence-corrected chi connectivity index (χ4v) is 5.82. The Kier molecular flexibility index (Phi) is 6.78. The summed E-state index contributed by atoms with van der Waals surface area (Å²) in [6.07, 6.45) is 6.19. The maximum Gasteiger partial charge on any atom is 0.244 e. The summed E-state index contributed by atoms with van der Waals surface area (Å²) in [6, 6.07) is 5.06. The molecular formula is C19H28ClN3O3S. The minimum Gasteiger partial charge on any atom is -0.325 e. The molecule has 6 nitrogen and oxygen atoms in total. The van der Waals surface area contributed by atoms with Crippen LogP contribution in [0.3, 0.4) is 0 Å². The van der Waals surface area contributed by atoms with E-state index in [-0.39, 0.29) is 15.8 Å². The number of likely N-dealkylation sites (tertiary alicyclic amines) is 1. The van der Waals surface area contributed by atoms with Gasteiger partial charge in [0.2, 0.25) is 15.9 Å². The first-order valence-corrected chi connectivity index (χ1v) is 11.5. The molecule has 2 fully saturated rings. The van der Waals surface area contributed by atoms with Gasteiger partial charge in [0.25, 0.3) is 0 Å². The summed E-state index contributed by atoms with van der Waals surface area (Å²) >= 11 is 6.18. The molecule has 2 aliphatic heterocycles. The van der Waals surface area contributed by atoms with Crippen molar-refractivity contribution in [1.29, 1.82) is 0 Å². The number of anilines is 1. The fourth-order valence-electron chi connectivity index (χ4n) is 3.80. The number of amides is 1. The van der Waals surface area contributed by atoms with Crippen LogP contribution in [-0.2, 0) is 14.8 Å². The van der Waals surface area contributed by atoms with Gasteiger partial charge in [0.1, 0.15) is 4.90 Å². The summed E-state index contributed by atoms with van der Waals surface area (Å²) in [7, 11) is -3.65. The number of halogens is 1. The van der Waals surface area contributed by atoms with Gasteiger partial charge in [-0.1, -0.05) is 24.4 Å². The van der Waals surface area contributed by atoms with Crippen LogP contribution in [-0.4, -0.2) is 55.8 Å². The van der Waals surface area contributed by atoms with E-state index in [1.165, 1.54) is 22.9 Å². The maximum atomic E-state index is 12.9. The van der Waals surface area contributed by atoms with Crippen LogP contribution in [0.1, 0.15) is 45.4 Å². The van der Waals surface area contributed by atoms with Crippen LogP contribution in [0, 0.1) is 0 Å². The van der Waals surface area contributed by atoms with Gasteiger partial charge in [-0.25, -0.2) is 8.42 Å². The topological polar surface area (TPSA) is 69.7 Å². The van der Waals surface area contributed by atoms with Crippen molar-refractivity contribution in [2.45, 2.75) is 56.4 Å². The van der Waals surface area contributed by atoms with Crippen LogP contribution >= 0.6 is 11.6 Å². The first-order chi connectivity index (χ1) is 12.9. The highest BCUT2D eigenvalue weighted by Gasteiger charge is 2.28. The third-order valence-electron chi connectivity index (χ3n) is 5.44. The molecule has 2 saturated heterocycles. The standard InChI is InChI=1S/C19H28ClN3O3S/c1-15-7-3-6-10-22(15)14-19(24)21-16-8-9-17(20)18(13-16)27(25,26)23-11-4-2-5-12-23/h8-9,13,15H,2-7,10-12,14H2,1H3,(H,21,24). The smallest absolute Gasteiger partial charge is 0.244 e. The Hall–Kier alpha value is -1.15. The Labute approximate surface area is 166 Å². The van der Waals surface area contributed by atoms with E-state index in [0.717, 1.165) is 38.6 Å². The molecule has 3 rings (SSSR count). The molecule has 1 aromatic rings. The SMILES string of the molecule is CC1CCCCN1CC(=O)Nc1ccc(Cl)c(S(=O)(=O)N2CCCCC2)c1. The van der Waals surface area contributed by atoms with Crippen molar-refractivity contribution in [2.75, 3.05) is 31.5 Å². The number of sulfonamides is 1. The van der Waals surface area contributed by atoms with E-state index >= 15 is 0 Å². The van der Waals surface area contributed by atoms with Gasteiger partial charge in [0.15, 0.2) is 0 Å². The number of nitrogens with one attached hydrogen (secondary N) is 1. The van der Waals surface area contributed by atoms with Crippen molar-refractivity contribution >= 4 is 33.2 Å². The average Bonchev–Trinajstić information content (AvgIpc) is 2.66. The van der Waals surface area contributed by atoms with Gasteiger partial charge in [-0.05, 0) is 57.4 Å². The highest BCUT2D eigenvalue weighted by Crippen LogP contribution is 2.29. The molecule has 1 N–H and O–H groups in total. The summed E-state index contributed by atoms with van der Waals surface area (Å²) < 4.78 is 27.3. The number of carbonyl (C=O) groups excluding carboxylic acids is 1. The molecule has 0 saturated carbocycles. The molecule has 0 aromatic heterocycles. The third kappa shape index (κ3) is 5.02. The second-order valence-electron chi connectivity index (χ2n) is 7.47. The Morgan fingerprint density at radius 3 is 2.56 bits per heavy atom. The molecule has 0 radical (unpaired) electrons. The zero-order valence-electron chi connectivity index (χ0n) is 15.8. The molecule has 27 heavy (non-hydrogen) atoms. The number of rotatable bonds is 5. The molecule has 1 aromatic carbocycles. The van der Waals surface area contributed by atoms with E-state index in [4.69, 9.17) is 11.6 Å². The number of hydrogen-bond donors (Lipinski definition) is 1. The number of carbonyl (C=O) groups is 1. The highest BCUT2D eigenvalue weighted by molar-refractivity contribution is 7.89. The molecule has 1 atom stereocenters. The van der Waals surface area contributed by atoms with Crippen LogP contribution in [0.2, 0.25) is 5.02 Å². The van der Waals surface area contributed by atoms with Gasteiger partial charge >= 0.3 is 0 Å². The van der Waals surface area contributed by atoms with Gasteiger partial charge in [0, 0.05) is 24.8 Å². The van der Waals surface area contributed by atoms with Crippen molar-refractivity contribution in [3.63, 3.8) is 0 Å². The molecule has 0 spiro atoms. The summed E-state index contributed by atoms with van der Waals surface area (Å²) in [5, 5.41) is 3.01. The first-order valence-electron chi connectivity index (χ1n) is 9.71. The summed E-state index contributed by atoms with van der Waals surface area (Å²) in [5.74, 6) is -0.132. The molecular weight excluding hydrogens is 386 g/mol. The summed E-state index contributed by atoms with van der Waals surface area (Å²) in [5.41, 5.74) is 0.463. The number of hydrogen-bond acceptors (Lipinski definition) is 4. The molecule has 1 amide bonds. The fraction of sp³-hybridized carbons (Fsp3) is 0.632. The van der Waals surface area contributed by atoms with Crippen molar-refractivity contribution in [2.24, 2.45) is 0 Å². The Bertz CT molecular complexity index is 778. The largest absolute Gasteiger partial charge is 0.325 e. The molecule has 2 aliphatic rings. The molecule has 0 bridgehead atoms. The zero-order valence-corrected chi connectivity index (χ0v) is 17.4. The van der Waals surface area contributed by atoms with E-state index < -0.39 is 10.0 Å². The van der Waals surface area contributed by atoms with Gasteiger partial charge in [-0.2, -0.15) is 4.31 Å². The molecule has 2 heterocycles. The number of piperidine rings is 2. The molecule has 150 valence electrons. The van der Waals surface area contributed by atoms with Crippen molar-refractivity contribution in [3.05, 3.63) is 23.2 Å².